The zero-order valence-corrected chi connectivity index (χ0v) is 10.8. The Hall–Kier alpha value is -0.520. The van der Waals surface area contributed by atoms with Gasteiger partial charge in [0.1, 0.15) is 11.2 Å². The highest BCUT2D eigenvalue weighted by Gasteiger charge is 2.18. The Morgan fingerprint density at radius 1 is 0.812 bits per heavy atom. The van der Waals surface area contributed by atoms with Crippen LogP contribution in [0, 0.1) is 25.7 Å². The van der Waals surface area contributed by atoms with Gasteiger partial charge in [-0.2, -0.15) is 0 Å². The fourth-order valence-corrected chi connectivity index (χ4v) is 1.00. The zero-order valence-electron chi connectivity index (χ0n) is 10.8. The summed E-state index contributed by atoms with van der Waals surface area (Å²) in [5.74, 6) is 6.10. The number of rotatable bonds is 6. The summed E-state index contributed by atoms with van der Waals surface area (Å²) >= 11 is 0. The average molecular weight is 222 g/mol. The summed E-state index contributed by atoms with van der Waals surface area (Å²) < 4.78 is 11.0. The Labute approximate surface area is 101 Å². The van der Waals surface area contributed by atoms with E-state index in [0.29, 0.717) is 26.1 Å². The highest BCUT2D eigenvalue weighted by Crippen LogP contribution is 2.12. The molecule has 16 heavy (non-hydrogen) atoms. The Bertz CT molecular complexity index is 219. The predicted octanol–water partition coefficient (Wildman–Crippen LogP) is 2.78. The maximum atomic E-state index is 5.50. The van der Waals surface area contributed by atoms with E-state index in [0.717, 1.165) is 0 Å². The van der Waals surface area contributed by atoms with Crippen LogP contribution in [0.3, 0.4) is 0 Å². The first-order chi connectivity index (χ1) is 7.33. The molecule has 0 aliphatic carbocycles. The first kappa shape index (κ1) is 15.5. The SMILES string of the molecule is [CH]CCOC(C)(C)C#CC(C)(C)OCC[CH]. The topological polar surface area (TPSA) is 18.5 Å². The summed E-state index contributed by atoms with van der Waals surface area (Å²) in [7, 11) is 0. The van der Waals surface area contributed by atoms with Crippen molar-refractivity contribution in [1.82, 2.24) is 0 Å². The molecule has 2 heteroatoms. The van der Waals surface area contributed by atoms with Crippen LogP contribution >= 0.6 is 0 Å². The molecule has 0 atom stereocenters. The van der Waals surface area contributed by atoms with E-state index in [2.05, 4.69) is 11.8 Å². The van der Waals surface area contributed by atoms with E-state index in [1.807, 2.05) is 27.7 Å². The lowest BCUT2D eigenvalue weighted by molar-refractivity contribution is 0.0212. The molecule has 0 rings (SSSR count). The van der Waals surface area contributed by atoms with Gasteiger partial charge in [-0.3, -0.25) is 0 Å². The van der Waals surface area contributed by atoms with Gasteiger partial charge in [0.25, 0.3) is 0 Å². The van der Waals surface area contributed by atoms with E-state index < -0.39 is 11.2 Å². The first-order valence-corrected chi connectivity index (χ1v) is 5.55. The summed E-state index contributed by atoms with van der Waals surface area (Å²) in [6, 6.07) is 0. The minimum Gasteiger partial charge on any atom is -0.363 e. The van der Waals surface area contributed by atoms with Gasteiger partial charge in [-0.15, -0.1) is 0 Å². The van der Waals surface area contributed by atoms with Crippen molar-refractivity contribution in [1.29, 1.82) is 0 Å². The molecule has 0 aromatic heterocycles. The largest absolute Gasteiger partial charge is 0.363 e. The van der Waals surface area contributed by atoms with E-state index in [-0.39, 0.29) is 0 Å². The van der Waals surface area contributed by atoms with Crippen LogP contribution in [0.2, 0.25) is 0 Å². The van der Waals surface area contributed by atoms with E-state index in [9.17, 15) is 0 Å². The minimum absolute atomic E-state index is 0.497. The molecule has 0 amide bonds. The van der Waals surface area contributed by atoms with Crippen LogP contribution in [0.5, 0.6) is 0 Å². The Morgan fingerprint density at radius 2 is 1.12 bits per heavy atom. The molecule has 0 N–H and O–H groups in total. The Morgan fingerprint density at radius 3 is 1.38 bits per heavy atom. The molecule has 0 aliphatic heterocycles. The Balaban J connectivity index is 4.33. The van der Waals surface area contributed by atoms with Crippen molar-refractivity contribution < 1.29 is 9.47 Å². The van der Waals surface area contributed by atoms with Crippen molar-refractivity contribution in [2.45, 2.75) is 51.7 Å². The predicted molar refractivity (Wildman–Crippen MR) is 65.7 cm³/mol. The molecule has 0 aromatic carbocycles. The summed E-state index contributed by atoms with van der Waals surface area (Å²) in [6.07, 6.45) is 0.996. The summed E-state index contributed by atoms with van der Waals surface area (Å²) in [6.45, 7) is 19.4. The maximum absolute atomic E-state index is 5.50. The van der Waals surface area contributed by atoms with Crippen LogP contribution in [0.15, 0.2) is 0 Å². The lowest BCUT2D eigenvalue weighted by atomic mass is 10.1. The van der Waals surface area contributed by atoms with Crippen LogP contribution in [-0.4, -0.2) is 24.4 Å². The van der Waals surface area contributed by atoms with E-state index >= 15 is 0 Å². The second-order valence-corrected chi connectivity index (χ2v) is 4.54. The Kier molecular flexibility index (Phi) is 6.71. The molecule has 0 heterocycles. The third-order valence-electron chi connectivity index (χ3n) is 1.83. The molecule has 90 valence electrons. The third kappa shape index (κ3) is 7.73. The van der Waals surface area contributed by atoms with Gasteiger partial charge in [0.2, 0.25) is 0 Å². The van der Waals surface area contributed by atoms with Crippen molar-refractivity contribution in [3.05, 3.63) is 13.8 Å². The quantitative estimate of drug-likeness (QED) is 0.643. The monoisotopic (exact) mass is 222 g/mol. The second kappa shape index (κ2) is 6.93. The van der Waals surface area contributed by atoms with E-state index in [1.165, 1.54) is 0 Å². The van der Waals surface area contributed by atoms with Crippen molar-refractivity contribution in [3.63, 3.8) is 0 Å². The first-order valence-electron chi connectivity index (χ1n) is 5.55. The van der Waals surface area contributed by atoms with Gasteiger partial charge in [0, 0.05) is 13.2 Å². The third-order valence-corrected chi connectivity index (χ3v) is 1.83. The molecule has 0 saturated heterocycles. The number of ether oxygens (including phenoxy) is 2. The standard InChI is InChI=1S/C14H22O2/c1-7-11-15-13(3,4)9-10-14(5,6)16-12-8-2/h1-2H,7-8,11-12H2,3-6H3. The van der Waals surface area contributed by atoms with Crippen LogP contribution in [0.25, 0.3) is 0 Å². The molecule has 0 aromatic rings. The summed E-state index contributed by atoms with van der Waals surface area (Å²) in [5.41, 5.74) is -0.995. The molecule has 0 aliphatic rings. The fraction of sp³-hybridized carbons (Fsp3) is 0.714. The lowest BCUT2D eigenvalue weighted by Gasteiger charge is -2.22. The second-order valence-electron chi connectivity index (χ2n) is 4.54. The van der Waals surface area contributed by atoms with Crippen LogP contribution < -0.4 is 0 Å². The van der Waals surface area contributed by atoms with Crippen molar-refractivity contribution in [2.24, 2.45) is 0 Å². The lowest BCUT2D eigenvalue weighted by Crippen LogP contribution is -2.27. The van der Waals surface area contributed by atoms with Gasteiger partial charge in [-0.05, 0) is 54.4 Å². The molecule has 0 saturated carbocycles. The number of hydrogen-bond acceptors (Lipinski definition) is 2. The fourth-order valence-electron chi connectivity index (χ4n) is 1.00. The molecule has 0 spiro atoms. The van der Waals surface area contributed by atoms with Crippen molar-refractivity contribution in [3.8, 4) is 11.8 Å². The van der Waals surface area contributed by atoms with Gasteiger partial charge in [0.05, 0.1) is 0 Å². The highest BCUT2D eigenvalue weighted by molar-refractivity contribution is 5.18. The van der Waals surface area contributed by atoms with Crippen LogP contribution in [0.1, 0.15) is 40.5 Å². The molecular formula is C14H22O2. The molecule has 2 nitrogen and oxygen atoms in total. The van der Waals surface area contributed by atoms with Gasteiger partial charge >= 0.3 is 0 Å². The summed E-state index contributed by atoms with van der Waals surface area (Å²) in [5, 5.41) is 0. The molecule has 0 unspecified atom stereocenters. The van der Waals surface area contributed by atoms with Gasteiger partial charge in [-0.25, -0.2) is 0 Å². The molecule has 0 fully saturated rings. The van der Waals surface area contributed by atoms with Crippen molar-refractivity contribution >= 4 is 0 Å². The van der Waals surface area contributed by atoms with Gasteiger partial charge < -0.3 is 9.47 Å². The summed E-state index contributed by atoms with van der Waals surface area (Å²) in [4.78, 5) is 0. The normalized spacial score (nSPS) is 12.1. The van der Waals surface area contributed by atoms with Crippen LogP contribution in [0.4, 0.5) is 0 Å². The van der Waals surface area contributed by atoms with E-state index in [1.54, 1.807) is 0 Å². The number of hydrogen-bond donors (Lipinski definition) is 0. The maximum Gasteiger partial charge on any atom is 0.123 e. The smallest absolute Gasteiger partial charge is 0.123 e. The van der Waals surface area contributed by atoms with Gasteiger partial charge in [-0.1, -0.05) is 11.8 Å². The minimum atomic E-state index is -0.497. The van der Waals surface area contributed by atoms with Gasteiger partial charge in [0.15, 0.2) is 0 Å². The average Bonchev–Trinajstić information content (AvgIpc) is 2.22. The zero-order chi connectivity index (χ0) is 12.7. The van der Waals surface area contributed by atoms with Crippen LogP contribution in [-0.2, 0) is 9.47 Å². The molecule has 0 bridgehead atoms. The highest BCUT2D eigenvalue weighted by atomic mass is 16.5. The van der Waals surface area contributed by atoms with E-state index in [4.69, 9.17) is 23.3 Å². The molecular weight excluding hydrogens is 200 g/mol. The van der Waals surface area contributed by atoms with Crippen molar-refractivity contribution in [2.75, 3.05) is 13.2 Å². The molecule has 4 radical (unpaired) electrons.